The van der Waals surface area contributed by atoms with Crippen LogP contribution in [0.15, 0.2) is 23.1 Å². The van der Waals surface area contributed by atoms with Gasteiger partial charge in [-0.1, -0.05) is 23.2 Å². The minimum Gasteiger partial charge on any atom is -0.480 e. The number of carboxylic acid groups (broad SMARTS) is 1. The summed E-state index contributed by atoms with van der Waals surface area (Å²) in [6, 6.07) is 1.56. The lowest BCUT2D eigenvalue weighted by molar-refractivity contribution is -0.143. The number of carbonyl (C=O) groups is 3. The molecule has 3 saturated heterocycles. The molecule has 3 aliphatic heterocycles. The first-order valence-corrected chi connectivity index (χ1v) is 16.3. The van der Waals surface area contributed by atoms with E-state index in [2.05, 4.69) is 10.2 Å². The first kappa shape index (κ1) is 31.0. The molecular formula is C27H38Cl2N4O6S. The number of benzene rings is 1. The molecule has 0 unspecified atom stereocenters. The van der Waals surface area contributed by atoms with Crippen LogP contribution < -0.4 is 5.32 Å². The molecule has 2 N–H and O–H groups in total. The molecule has 0 aliphatic carbocycles. The molecule has 4 rings (SSSR count). The molecular weight excluding hydrogens is 579 g/mol. The maximum atomic E-state index is 13.3. The summed E-state index contributed by atoms with van der Waals surface area (Å²) in [5, 5.41) is 12.5. The van der Waals surface area contributed by atoms with E-state index in [1.54, 1.807) is 4.90 Å². The van der Waals surface area contributed by atoms with E-state index >= 15 is 0 Å². The van der Waals surface area contributed by atoms with Crippen molar-refractivity contribution >= 4 is 51.0 Å². The summed E-state index contributed by atoms with van der Waals surface area (Å²) in [6.45, 7) is 4.92. The number of nitrogens with one attached hydrogen (secondary N) is 1. The third kappa shape index (κ3) is 7.88. The Bertz CT molecular complexity index is 1170. The van der Waals surface area contributed by atoms with Crippen molar-refractivity contribution in [3.05, 3.63) is 28.2 Å². The number of rotatable bonds is 11. The number of piperidine rings is 1. The Hall–Kier alpha value is -1.92. The van der Waals surface area contributed by atoms with Crippen molar-refractivity contribution in [2.75, 3.05) is 39.3 Å². The Balaban J connectivity index is 1.28. The van der Waals surface area contributed by atoms with Crippen molar-refractivity contribution in [2.24, 2.45) is 5.92 Å². The van der Waals surface area contributed by atoms with Gasteiger partial charge < -0.3 is 20.2 Å². The number of likely N-dealkylation sites (tertiary alicyclic amines) is 2. The molecule has 10 nitrogen and oxygen atoms in total. The van der Waals surface area contributed by atoms with E-state index < -0.39 is 34.0 Å². The van der Waals surface area contributed by atoms with Crippen LogP contribution in [-0.2, 0) is 24.4 Å². The fraction of sp³-hybridized carbons (Fsp3) is 0.667. The summed E-state index contributed by atoms with van der Waals surface area (Å²) in [5.41, 5.74) is 0. The Morgan fingerprint density at radius 1 is 0.950 bits per heavy atom. The number of carboxylic acids is 1. The standard InChI is InChI=1S/C27H38Cl2N4O6S/c28-20-16-21(29)18-22(17-20)40(38,39)33-12-3-4-24(33)26(35)30-23(27(36)37)5-6-25(34)32-14-8-19(9-15-32)7-13-31-10-1-2-11-31/h16-19,23-24H,1-15H2,(H,30,35)(H,36,37)/t23-,24+/m0/s1. The SMILES string of the molecule is O=C(O)[C@H](CCC(=O)N1CCC(CCN2CCCC2)CC1)NC(=O)[C@H]1CCCN1S(=O)(=O)c1cc(Cl)cc(Cl)c1. The third-order valence-electron chi connectivity index (χ3n) is 8.23. The molecule has 1 aromatic carbocycles. The largest absolute Gasteiger partial charge is 0.480 e. The summed E-state index contributed by atoms with van der Waals surface area (Å²) in [5.74, 6) is -1.49. The molecule has 3 heterocycles. The zero-order chi connectivity index (χ0) is 28.9. The summed E-state index contributed by atoms with van der Waals surface area (Å²) in [6.07, 6.45) is 6.20. The maximum Gasteiger partial charge on any atom is 0.326 e. The van der Waals surface area contributed by atoms with Crippen LogP contribution >= 0.6 is 23.2 Å². The fourth-order valence-corrected chi connectivity index (χ4v) is 8.28. The molecule has 0 spiro atoms. The molecule has 0 aromatic heterocycles. The summed E-state index contributed by atoms with van der Waals surface area (Å²) in [4.78, 5) is 42.0. The van der Waals surface area contributed by atoms with Crippen molar-refractivity contribution in [1.29, 1.82) is 0 Å². The molecule has 0 saturated carbocycles. The summed E-state index contributed by atoms with van der Waals surface area (Å²) < 4.78 is 27.6. The lowest BCUT2D eigenvalue weighted by atomic mass is 9.93. The van der Waals surface area contributed by atoms with Gasteiger partial charge in [0, 0.05) is 36.1 Å². The van der Waals surface area contributed by atoms with Gasteiger partial charge in [-0.05, 0) is 95.1 Å². The number of nitrogens with zero attached hydrogens (tertiary/aromatic N) is 3. The van der Waals surface area contributed by atoms with Gasteiger partial charge in [-0.15, -0.1) is 0 Å². The molecule has 13 heteroatoms. The molecule has 222 valence electrons. The summed E-state index contributed by atoms with van der Waals surface area (Å²) >= 11 is 12.0. The minimum atomic E-state index is -4.10. The van der Waals surface area contributed by atoms with E-state index in [1.165, 1.54) is 44.1 Å². The van der Waals surface area contributed by atoms with Crippen LogP contribution in [0.5, 0.6) is 0 Å². The number of sulfonamides is 1. The second-order valence-corrected chi connectivity index (χ2v) is 13.7. The highest BCUT2D eigenvalue weighted by atomic mass is 35.5. The van der Waals surface area contributed by atoms with Crippen LogP contribution in [0.2, 0.25) is 10.0 Å². The number of hydrogen-bond acceptors (Lipinski definition) is 6. The molecule has 3 aliphatic rings. The van der Waals surface area contributed by atoms with Crippen LogP contribution in [0.3, 0.4) is 0 Å². The van der Waals surface area contributed by atoms with Gasteiger partial charge >= 0.3 is 5.97 Å². The number of halogens is 2. The van der Waals surface area contributed by atoms with Crippen LogP contribution in [0.4, 0.5) is 0 Å². The fourth-order valence-electron chi connectivity index (χ4n) is 5.90. The molecule has 2 amide bonds. The Kier molecular flexibility index (Phi) is 10.7. The first-order chi connectivity index (χ1) is 19.0. The highest BCUT2D eigenvalue weighted by Crippen LogP contribution is 2.30. The minimum absolute atomic E-state index is 0.0105. The quantitative estimate of drug-likeness (QED) is 0.391. The van der Waals surface area contributed by atoms with Crippen molar-refractivity contribution in [2.45, 2.75) is 74.8 Å². The predicted octanol–water partition coefficient (Wildman–Crippen LogP) is 3.22. The first-order valence-electron chi connectivity index (χ1n) is 14.1. The van der Waals surface area contributed by atoms with Gasteiger partial charge in [-0.25, -0.2) is 13.2 Å². The van der Waals surface area contributed by atoms with Gasteiger partial charge in [0.15, 0.2) is 0 Å². The van der Waals surface area contributed by atoms with Crippen LogP contribution in [0.1, 0.15) is 57.8 Å². The lowest BCUT2D eigenvalue weighted by Gasteiger charge is -2.33. The highest BCUT2D eigenvalue weighted by molar-refractivity contribution is 7.89. The monoisotopic (exact) mass is 616 g/mol. The van der Waals surface area contributed by atoms with Crippen LogP contribution in [0, 0.1) is 5.92 Å². The molecule has 0 radical (unpaired) electrons. The van der Waals surface area contributed by atoms with Crippen molar-refractivity contribution in [1.82, 2.24) is 19.4 Å². The van der Waals surface area contributed by atoms with Gasteiger partial charge in [0.1, 0.15) is 12.1 Å². The maximum absolute atomic E-state index is 13.3. The molecule has 2 atom stereocenters. The number of amides is 2. The van der Waals surface area contributed by atoms with Gasteiger partial charge in [0.2, 0.25) is 21.8 Å². The Labute approximate surface area is 246 Å². The highest BCUT2D eigenvalue weighted by Gasteiger charge is 2.41. The zero-order valence-corrected chi connectivity index (χ0v) is 24.9. The molecule has 3 fully saturated rings. The average molecular weight is 618 g/mol. The number of carbonyl (C=O) groups excluding carboxylic acids is 2. The molecule has 40 heavy (non-hydrogen) atoms. The second kappa shape index (κ2) is 13.8. The lowest BCUT2D eigenvalue weighted by Crippen LogP contribution is -2.51. The second-order valence-electron chi connectivity index (χ2n) is 11.0. The van der Waals surface area contributed by atoms with E-state index in [0.717, 1.165) is 30.1 Å². The van der Waals surface area contributed by atoms with E-state index in [0.29, 0.717) is 25.4 Å². The third-order valence-corrected chi connectivity index (χ3v) is 10.6. The van der Waals surface area contributed by atoms with E-state index in [9.17, 15) is 27.9 Å². The van der Waals surface area contributed by atoms with Gasteiger partial charge in [0.25, 0.3) is 0 Å². The average Bonchev–Trinajstić information content (AvgIpc) is 3.62. The predicted molar refractivity (Wildman–Crippen MR) is 152 cm³/mol. The van der Waals surface area contributed by atoms with Gasteiger partial charge in [-0.2, -0.15) is 4.31 Å². The Morgan fingerprint density at radius 2 is 1.60 bits per heavy atom. The smallest absolute Gasteiger partial charge is 0.326 e. The normalized spacial score (nSPS) is 21.9. The molecule has 0 bridgehead atoms. The number of aliphatic carboxylic acids is 1. The topological polar surface area (TPSA) is 127 Å². The van der Waals surface area contributed by atoms with Gasteiger partial charge in [0.05, 0.1) is 4.90 Å². The summed E-state index contributed by atoms with van der Waals surface area (Å²) in [7, 11) is -4.10. The van der Waals surface area contributed by atoms with E-state index in [1.807, 2.05) is 0 Å². The zero-order valence-electron chi connectivity index (χ0n) is 22.6. The van der Waals surface area contributed by atoms with Crippen molar-refractivity contribution in [3.8, 4) is 0 Å². The van der Waals surface area contributed by atoms with Crippen molar-refractivity contribution < 1.29 is 27.9 Å². The van der Waals surface area contributed by atoms with Crippen LogP contribution in [-0.4, -0.2) is 96.8 Å². The van der Waals surface area contributed by atoms with Gasteiger partial charge in [-0.3, -0.25) is 9.59 Å². The van der Waals surface area contributed by atoms with Crippen molar-refractivity contribution in [3.63, 3.8) is 0 Å². The van der Waals surface area contributed by atoms with Crippen LogP contribution in [0.25, 0.3) is 0 Å². The van der Waals surface area contributed by atoms with E-state index in [-0.39, 0.29) is 46.7 Å². The Morgan fingerprint density at radius 3 is 2.23 bits per heavy atom. The van der Waals surface area contributed by atoms with E-state index in [4.69, 9.17) is 23.2 Å². The molecule has 1 aromatic rings. The number of hydrogen-bond donors (Lipinski definition) is 2.